The minimum Gasteiger partial charge on any atom is -0.375 e. The molecule has 204 valence electrons. The first-order valence-electron chi connectivity index (χ1n) is 12.8. The minimum absolute atomic E-state index is 0.0570. The summed E-state index contributed by atoms with van der Waals surface area (Å²) >= 11 is 1.24. The lowest BCUT2D eigenvalue weighted by molar-refractivity contribution is -0.137. The number of anilines is 1. The molecule has 0 spiro atoms. The van der Waals surface area contributed by atoms with Crippen molar-refractivity contribution in [3.8, 4) is 11.1 Å². The van der Waals surface area contributed by atoms with Crippen LogP contribution in [0.2, 0.25) is 0 Å². The average molecular weight is 551 g/mol. The first-order valence-corrected chi connectivity index (χ1v) is 13.8. The van der Waals surface area contributed by atoms with E-state index in [1.807, 2.05) is 25.7 Å². The Morgan fingerprint density at radius 1 is 1.13 bits per heavy atom. The smallest absolute Gasteiger partial charge is 0.375 e. The predicted octanol–water partition coefficient (Wildman–Crippen LogP) is 5.31. The van der Waals surface area contributed by atoms with Crippen LogP contribution in [0.4, 0.5) is 23.4 Å². The Kier molecular flexibility index (Phi) is 7.45. The molecule has 0 amide bonds. The number of hydrogen-bond acceptors (Lipinski definition) is 6. The zero-order chi connectivity index (χ0) is 27.2. The van der Waals surface area contributed by atoms with Crippen LogP contribution in [0.3, 0.4) is 0 Å². The number of benzene rings is 2. The van der Waals surface area contributed by atoms with E-state index >= 15 is 0 Å². The quantitative estimate of drug-likeness (QED) is 0.435. The second-order valence-electron chi connectivity index (χ2n) is 10.0. The molecule has 1 N–H and O–H groups in total. The molecule has 0 bridgehead atoms. The standard InChI is InChI=1S/C27H30F4N4O2S/c1-4-9-37-19-13-35-23-20(25(33-26(35)36)34-11-15(2)32-16(3)12-34)10-21(27(29,30)31)22(24(23)38-14-19)17-5-7-18(28)8-6-17/h5-8,10,15-16,19,32H,4,9,11-14H2,1-3H3. The Morgan fingerprint density at radius 3 is 2.45 bits per heavy atom. The highest BCUT2D eigenvalue weighted by molar-refractivity contribution is 7.99. The van der Waals surface area contributed by atoms with Crippen molar-refractivity contribution in [2.24, 2.45) is 0 Å². The molecule has 6 nitrogen and oxygen atoms in total. The molecule has 5 rings (SSSR count). The van der Waals surface area contributed by atoms with Gasteiger partial charge in [0, 0.05) is 53.4 Å². The van der Waals surface area contributed by atoms with Gasteiger partial charge in [-0.3, -0.25) is 4.57 Å². The summed E-state index contributed by atoms with van der Waals surface area (Å²) in [5.74, 6) is 0.0790. The fourth-order valence-corrected chi connectivity index (χ4v) is 6.67. The lowest BCUT2D eigenvalue weighted by atomic mass is 9.96. The first-order chi connectivity index (χ1) is 18.1. The number of piperazine rings is 1. The largest absolute Gasteiger partial charge is 0.417 e. The maximum atomic E-state index is 14.7. The van der Waals surface area contributed by atoms with Crippen LogP contribution in [-0.4, -0.2) is 53.2 Å². The molecule has 11 heteroatoms. The van der Waals surface area contributed by atoms with E-state index in [0.717, 1.165) is 24.6 Å². The van der Waals surface area contributed by atoms with Gasteiger partial charge in [-0.15, -0.1) is 11.8 Å². The minimum atomic E-state index is -4.69. The van der Waals surface area contributed by atoms with E-state index in [1.165, 1.54) is 28.5 Å². The zero-order valence-electron chi connectivity index (χ0n) is 21.4. The molecule has 0 radical (unpaired) electrons. The molecule has 1 saturated heterocycles. The van der Waals surface area contributed by atoms with Crippen molar-refractivity contribution in [3.63, 3.8) is 0 Å². The molecule has 2 aliphatic heterocycles. The summed E-state index contributed by atoms with van der Waals surface area (Å²) in [5, 5.41) is 3.69. The molecule has 3 atom stereocenters. The van der Waals surface area contributed by atoms with Crippen LogP contribution in [-0.2, 0) is 17.5 Å². The van der Waals surface area contributed by atoms with Crippen molar-refractivity contribution >= 4 is 28.5 Å². The van der Waals surface area contributed by atoms with Gasteiger partial charge in [-0.2, -0.15) is 18.2 Å². The fraction of sp³-hybridized carbons (Fsp3) is 0.481. The Balaban J connectivity index is 1.84. The summed E-state index contributed by atoms with van der Waals surface area (Å²) in [4.78, 5) is 20.1. The van der Waals surface area contributed by atoms with E-state index in [1.54, 1.807) is 0 Å². The van der Waals surface area contributed by atoms with Crippen molar-refractivity contribution < 1.29 is 22.3 Å². The van der Waals surface area contributed by atoms with E-state index in [-0.39, 0.29) is 47.1 Å². The second-order valence-corrected chi connectivity index (χ2v) is 11.1. The molecular weight excluding hydrogens is 520 g/mol. The summed E-state index contributed by atoms with van der Waals surface area (Å²) in [6, 6.07) is 6.24. The summed E-state index contributed by atoms with van der Waals surface area (Å²) < 4.78 is 65.2. The Bertz CT molecular complexity index is 1380. The third-order valence-electron chi connectivity index (χ3n) is 6.85. The highest BCUT2D eigenvalue weighted by atomic mass is 32.2. The number of rotatable bonds is 5. The van der Waals surface area contributed by atoms with Gasteiger partial charge in [-0.25, -0.2) is 9.18 Å². The van der Waals surface area contributed by atoms with Gasteiger partial charge in [0.2, 0.25) is 0 Å². The molecule has 3 aromatic rings. The van der Waals surface area contributed by atoms with Gasteiger partial charge in [-0.05, 0) is 44.0 Å². The number of nitrogens with zero attached hydrogens (tertiary/aromatic N) is 3. The van der Waals surface area contributed by atoms with Crippen molar-refractivity contribution in [2.45, 2.75) is 63.0 Å². The van der Waals surface area contributed by atoms with Gasteiger partial charge in [-0.1, -0.05) is 19.1 Å². The topological polar surface area (TPSA) is 59.4 Å². The Labute approximate surface area is 222 Å². The lowest BCUT2D eigenvalue weighted by Crippen LogP contribution is -2.55. The highest BCUT2D eigenvalue weighted by Gasteiger charge is 2.39. The average Bonchev–Trinajstić information content (AvgIpc) is 3.05. The molecule has 3 heterocycles. The van der Waals surface area contributed by atoms with Gasteiger partial charge in [0.25, 0.3) is 0 Å². The van der Waals surface area contributed by atoms with E-state index in [9.17, 15) is 22.4 Å². The SMILES string of the molecule is CCCOC1CSc2c(-c3ccc(F)cc3)c(C(F)(F)F)cc3c(N4CC(C)NC(C)C4)nc(=O)n(c23)C1. The van der Waals surface area contributed by atoms with Crippen LogP contribution in [0.25, 0.3) is 22.0 Å². The first kappa shape index (κ1) is 27.0. The Morgan fingerprint density at radius 2 is 1.82 bits per heavy atom. The highest BCUT2D eigenvalue weighted by Crippen LogP contribution is 2.48. The maximum absolute atomic E-state index is 14.7. The van der Waals surface area contributed by atoms with E-state index in [2.05, 4.69) is 10.3 Å². The number of halogens is 4. The van der Waals surface area contributed by atoms with Gasteiger partial charge < -0.3 is 15.0 Å². The maximum Gasteiger partial charge on any atom is 0.417 e. The van der Waals surface area contributed by atoms with Crippen molar-refractivity contribution in [1.29, 1.82) is 0 Å². The van der Waals surface area contributed by atoms with Crippen LogP contribution < -0.4 is 15.9 Å². The monoisotopic (exact) mass is 550 g/mol. The molecule has 3 unspecified atom stereocenters. The van der Waals surface area contributed by atoms with E-state index in [0.29, 0.717) is 35.9 Å². The summed E-state index contributed by atoms with van der Waals surface area (Å²) in [6.07, 6.45) is -4.30. The predicted molar refractivity (Wildman–Crippen MR) is 141 cm³/mol. The second kappa shape index (κ2) is 10.5. The van der Waals surface area contributed by atoms with Crippen molar-refractivity contribution in [3.05, 3.63) is 52.2 Å². The molecular formula is C27H30F4N4O2S. The number of alkyl halides is 3. The lowest BCUT2D eigenvalue weighted by Gasteiger charge is -2.37. The van der Waals surface area contributed by atoms with E-state index in [4.69, 9.17) is 4.74 Å². The van der Waals surface area contributed by atoms with Crippen molar-refractivity contribution in [1.82, 2.24) is 14.9 Å². The van der Waals surface area contributed by atoms with Gasteiger partial charge >= 0.3 is 11.9 Å². The zero-order valence-corrected chi connectivity index (χ0v) is 22.3. The molecule has 2 aliphatic rings. The van der Waals surface area contributed by atoms with Crippen molar-refractivity contribution in [2.75, 3.05) is 30.3 Å². The number of aromatic nitrogens is 2. The molecule has 38 heavy (non-hydrogen) atoms. The molecule has 0 aliphatic carbocycles. The number of nitrogens with one attached hydrogen (secondary N) is 1. The van der Waals surface area contributed by atoms with Crippen LogP contribution in [0.5, 0.6) is 0 Å². The van der Waals surface area contributed by atoms with Crippen LogP contribution in [0.15, 0.2) is 40.0 Å². The Hall–Kier alpha value is -2.63. The number of ether oxygens (including phenoxy) is 1. The molecule has 1 fully saturated rings. The number of thioether (sulfide) groups is 1. The normalized spacial score (nSPS) is 22.1. The third kappa shape index (κ3) is 5.15. The molecule has 2 aromatic carbocycles. The summed E-state index contributed by atoms with van der Waals surface area (Å²) in [7, 11) is 0. The van der Waals surface area contributed by atoms with Gasteiger partial charge in [0.15, 0.2) is 0 Å². The fourth-order valence-electron chi connectivity index (χ4n) is 5.39. The summed E-state index contributed by atoms with van der Waals surface area (Å²) in [5.41, 5.74) is -0.767. The summed E-state index contributed by atoms with van der Waals surface area (Å²) in [6.45, 7) is 7.61. The van der Waals surface area contributed by atoms with Gasteiger partial charge in [0.05, 0.1) is 23.7 Å². The number of hydrogen-bond donors (Lipinski definition) is 1. The van der Waals surface area contributed by atoms with E-state index < -0.39 is 23.2 Å². The van der Waals surface area contributed by atoms with Crippen LogP contribution >= 0.6 is 11.8 Å². The van der Waals surface area contributed by atoms with Crippen LogP contribution in [0, 0.1) is 5.82 Å². The molecule has 1 aromatic heterocycles. The van der Waals surface area contributed by atoms with Gasteiger partial charge in [0.1, 0.15) is 11.6 Å². The van der Waals surface area contributed by atoms with Crippen LogP contribution in [0.1, 0.15) is 32.8 Å². The molecule has 0 saturated carbocycles. The third-order valence-corrected chi connectivity index (χ3v) is 8.08.